The fraction of sp³-hybridized carbons (Fsp3) is 0.0769. The summed E-state index contributed by atoms with van der Waals surface area (Å²) in [5, 5.41) is 9.90. The minimum atomic E-state index is -1.07. The summed E-state index contributed by atoms with van der Waals surface area (Å²) < 4.78 is 26.1. The summed E-state index contributed by atoms with van der Waals surface area (Å²) in [6.45, 7) is 0. The molecule has 0 aromatic heterocycles. The number of hydrogen-bond donors (Lipinski definition) is 1. The lowest BCUT2D eigenvalue weighted by Crippen LogP contribution is -2.02. The Morgan fingerprint density at radius 1 is 0.938 bits per heavy atom. The molecular formula is C13H10F2O. The largest absolute Gasteiger partial charge is 0.384 e. The molecule has 0 aliphatic rings. The van der Waals surface area contributed by atoms with Gasteiger partial charge in [0.15, 0.2) is 0 Å². The molecule has 0 bridgehead atoms. The van der Waals surface area contributed by atoms with E-state index in [9.17, 15) is 13.9 Å². The van der Waals surface area contributed by atoms with Gasteiger partial charge in [0.25, 0.3) is 0 Å². The van der Waals surface area contributed by atoms with Gasteiger partial charge >= 0.3 is 0 Å². The van der Waals surface area contributed by atoms with Crippen molar-refractivity contribution in [1.29, 1.82) is 0 Å². The Balaban J connectivity index is 2.38. The molecule has 0 heterocycles. The summed E-state index contributed by atoms with van der Waals surface area (Å²) in [4.78, 5) is 0. The highest BCUT2D eigenvalue weighted by Gasteiger charge is 2.14. The van der Waals surface area contributed by atoms with Crippen molar-refractivity contribution < 1.29 is 13.9 Å². The summed E-state index contributed by atoms with van der Waals surface area (Å²) in [6.07, 6.45) is -1.07. The van der Waals surface area contributed by atoms with E-state index in [4.69, 9.17) is 0 Å². The molecule has 0 saturated carbocycles. The van der Waals surface area contributed by atoms with E-state index in [1.165, 1.54) is 6.07 Å². The number of aliphatic hydroxyl groups is 1. The van der Waals surface area contributed by atoms with Gasteiger partial charge in [-0.15, -0.1) is 0 Å². The van der Waals surface area contributed by atoms with Crippen molar-refractivity contribution in [2.24, 2.45) is 0 Å². The zero-order valence-corrected chi connectivity index (χ0v) is 8.40. The van der Waals surface area contributed by atoms with Crippen LogP contribution in [0.2, 0.25) is 0 Å². The number of rotatable bonds is 2. The van der Waals surface area contributed by atoms with E-state index in [1.807, 2.05) is 0 Å². The molecule has 82 valence electrons. The predicted octanol–water partition coefficient (Wildman–Crippen LogP) is 3.05. The maximum atomic E-state index is 13.4. The monoisotopic (exact) mass is 220 g/mol. The first kappa shape index (κ1) is 10.8. The molecule has 16 heavy (non-hydrogen) atoms. The molecule has 0 saturated heterocycles. The first-order valence-electron chi connectivity index (χ1n) is 4.86. The van der Waals surface area contributed by atoms with Crippen LogP contribution in [-0.4, -0.2) is 5.11 Å². The van der Waals surface area contributed by atoms with Crippen molar-refractivity contribution in [3.8, 4) is 0 Å². The lowest BCUT2D eigenvalue weighted by molar-refractivity contribution is 0.214. The molecule has 1 unspecified atom stereocenters. The molecule has 2 aromatic rings. The summed E-state index contributed by atoms with van der Waals surface area (Å²) in [6, 6.07) is 11.8. The second-order valence-electron chi connectivity index (χ2n) is 3.48. The van der Waals surface area contributed by atoms with Crippen LogP contribution in [0.25, 0.3) is 0 Å². The third-order valence-corrected chi connectivity index (χ3v) is 2.37. The Morgan fingerprint density at radius 2 is 1.62 bits per heavy atom. The van der Waals surface area contributed by atoms with Crippen LogP contribution in [0.1, 0.15) is 17.2 Å². The fourth-order valence-corrected chi connectivity index (χ4v) is 1.54. The van der Waals surface area contributed by atoms with E-state index < -0.39 is 17.7 Å². The summed E-state index contributed by atoms with van der Waals surface area (Å²) in [5.74, 6) is -1.39. The molecule has 2 rings (SSSR count). The molecule has 1 atom stereocenters. The minimum Gasteiger partial charge on any atom is -0.384 e. The van der Waals surface area contributed by atoms with Gasteiger partial charge < -0.3 is 5.11 Å². The van der Waals surface area contributed by atoms with Gasteiger partial charge in [0, 0.05) is 11.6 Å². The van der Waals surface area contributed by atoms with E-state index in [1.54, 1.807) is 30.3 Å². The van der Waals surface area contributed by atoms with Gasteiger partial charge in [0.05, 0.1) is 0 Å². The molecule has 0 amide bonds. The fourth-order valence-electron chi connectivity index (χ4n) is 1.54. The number of benzene rings is 2. The lowest BCUT2D eigenvalue weighted by atomic mass is 10.0. The zero-order valence-electron chi connectivity index (χ0n) is 8.40. The van der Waals surface area contributed by atoms with Gasteiger partial charge in [-0.2, -0.15) is 0 Å². The molecule has 0 radical (unpaired) electrons. The highest BCUT2D eigenvalue weighted by atomic mass is 19.1. The maximum Gasteiger partial charge on any atom is 0.132 e. The molecule has 0 aliphatic heterocycles. The van der Waals surface area contributed by atoms with Crippen molar-refractivity contribution in [3.05, 3.63) is 71.3 Å². The van der Waals surface area contributed by atoms with Crippen molar-refractivity contribution in [3.63, 3.8) is 0 Å². The van der Waals surface area contributed by atoms with E-state index in [0.29, 0.717) is 5.56 Å². The van der Waals surface area contributed by atoms with Crippen LogP contribution in [-0.2, 0) is 0 Å². The molecule has 0 aliphatic carbocycles. The molecule has 2 aromatic carbocycles. The second-order valence-corrected chi connectivity index (χ2v) is 3.48. The van der Waals surface area contributed by atoms with Crippen molar-refractivity contribution in [2.45, 2.75) is 6.10 Å². The molecule has 0 spiro atoms. The summed E-state index contributed by atoms with van der Waals surface area (Å²) in [7, 11) is 0. The van der Waals surface area contributed by atoms with Crippen LogP contribution in [0.4, 0.5) is 8.78 Å². The Hall–Kier alpha value is -1.74. The SMILES string of the molecule is OC(c1ccccc1)c1ccc(F)cc1F. The Kier molecular flexibility index (Phi) is 2.97. The van der Waals surface area contributed by atoms with Gasteiger partial charge in [0.1, 0.15) is 17.7 Å². The standard InChI is InChI=1S/C13H10F2O/c14-10-6-7-11(12(15)8-10)13(16)9-4-2-1-3-5-9/h1-8,13,16H. The Bertz CT molecular complexity index is 483. The highest BCUT2D eigenvalue weighted by molar-refractivity contribution is 5.30. The molecule has 3 heteroatoms. The molecule has 1 N–H and O–H groups in total. The minimum absolute atomic E-state index is 0.0765. The smallest absolute Gasteiger partial charge is 0.132 e. The Morgan fingerprint density at radius 3 is 2.25 bits per heavy atom. The van der Waals surface area contributed by atoms with Gasteiger partial charge in [-0.05, 0) is 11.6 Å². The zero-order chi connectivity index (χ0) is 11.5. The topological polar surface area (TPSA) is 20.2 Å². The van der Waals surface area contributed by atoms with Crippen LogP contribution in [0.3, 0.4) is 0 Å². The number of hydrogen-bond acceptors (Lipinski definition) is 1. The van der Waals surface area contributed by atoms with Gasteiger partial charge in [-0.1, -0.05) is 36.4 Å². The highest BCUT2D eigenvalue weighted by Crippen LogP contribution is 2.24. The lowest BCUT2D eigenvalue weighted by Gasteiger charge is -2.12. The van der Waals surface area contributed by atoms with Gasteiger partial charge in [-0.25, -0.2) is 8.78 Å². The van der Waals surface area contributed by atoms with Crippen LogP contribution < -0.4 is 0 Å². The third-order valence-electron chi connectivity index (χ3n) is 2.37. The van der Waals surface area contributed by atoms with Crippen LogP contribution in [0.15, 0.2) is 48.5 Å². The van der Waals surface area contributed by atoms with E-state index in [0.717, 1.165) is 12.1 Å². The first-order chi connectivity index (χ1) is 7.68. The predicted molar refractivity (Wildman–Crippen MR) is 56.9 cm³/mol. The Labute approximate surface area is 92.0 Å². The normalized spacial score (nSPS) is 12.4. The van der Waals surface area contributed by atoms with Crippen LogP contribution in [0, 0.1) is 11.6 Å². The van der Waals surface area contributed by atoms with Crippen molar-refractivity contribution >= 4 is 0 Å². The number of aliphatic hydroxyl groups excluding tert-OH is 1. The summed E-state index contributed by atoms with van der Waals surface area (Å²) >= 11 is 0. The van der Waals surface area contributed by atoms with Crippen LogP contribution in [0.5, 0.6) is 0 Å². The second kappa shape index (κ2) is 4.41. The van der Waals surface area contributed by atoms with E-state index in [2.05, 4.69) is 0 Å². The van der Waals surface area contributed by atoms with Crippen LogP contribution >= 0.6 is 0 Å². The van der Waals surface area contributed by atoms with Crippen molar-refractivity contribution in [2.75, 3.05) is 0 Å². The van der Waals surface area contributed by atoms with E-state index in [-0.39, 0.29) is 5.56 Å². The quantitative estimate of drug-likeness (QED) is 0.824. The molecular weight excluding hydrogens is 210 g/mol. The summed E-state index contributed by atoms with van der Waals surface area (Å²) in [5.41, 5.74) is 0.653. The average Bonchev–Trinajstić information content (AvgIpc) is 2.29. The van der Waals surface area contributed by atoms with Gasteiger partial charge in [-0.3, -0.25) is 0 Å². The third kappa shape index (κ3) is 2.09. The van der Waals surface area contributed by atoms with E-state index >= 15 is 0 Å². The van der Waals surface area contributed by atoms with Crippen molar-refractivity contribution in [1.82, 2.24) is 0 Å². The number of halogens is 2. The van der Waals surface area contributed by atoms with Gasteiger partial charge in [0.2, 0.25) is 0 Å². The average molecular weight is 220 g/mol. The first-order valence-corrected chi connectivity index (χ1v) is 4.86. The molecule has 0 fully saturated rings. The maximum absolute atomic E-state index is 13.4. The molecule has 1 nitrogen and oxygen atoms in total.